The Labute approximate surface area is 257 Å². The molecule has 0 aliphatic heterocycles. The summed E-state index contributed by atoms with van der Waals surface area (Å²) in [6.07, 6.45) is 22.6. The summed E-state index contributed by atoms with van der Waals surface area (Å²) in [5, 5.41) is 0. The van der Waals surface area contributed by atoms with E-state index in [1.807, 2.05) is 48.5 Å². The summed E-state index contributed by atoms with van der Waals surface area (Å²) in [5.41, 5.74) is 1.59. The molecule has 0 saturated carbocycles. The van der Waals surface area contributed by atoms with Gasteiger partial charge in [-0.2, -0.15) is 0 Å². The van der Waals surface area contributed by atoms with Crippen molar-refractivity contribution in [1.82, 2.24) is 0 Å². The molecule has 0 aromatic heterocycles. The Morgan fingerprint density at radius 2 is 1.17 bits per heavy atom. The molecule has 0 spiro atoms. The molecular weight excluding hydrogens is 520 g/mol. The average Bonchev–Trinajstić information content (AvgIpc) is 3.00. The lowest BCUT2D eigenvalue weighted by Gasteiger charge is -2.20. The van der Waals surface area contributed by atoms with Crippen LogP contribution in [0.4, 0.5) is 0 Å². The van der Waals surface area contributed by atoms with E-state index in [1.165, 1.54) is 89.9 Å². The van der Waals surface area contributed by atoms with Crippen LogP contribution in [-0.4, -0.2) is 18.7 Å². The lowest BCUT2D eigenvalue weighted by atomic mass is 10.0. The zero-order chi connectivity index (χ0) is 30.3. The van der Waals surface area contributed by atoms with Crippen molar-refractivity contribution < 1.29 is 19.0 Å². The zero-order valence-electron chi connectivity index (χ0n) is 27.3. The number of ether oxygens (including phenoxy) is 3. The van der Waals surface area contributed by atoms with Gasteiger partial charge in [0.15, 0.2) is 11.5 Å². The number of hydrogen-bond donors (Lipinski definition) is 0. The number of hydrogen-bond acceptors (Lipinski definition) is 4. The van der Waals surface area contributed by atoms with Gasteiger partial charge in [0.2, 0.25) is 0 Å². The normalized spacial score (nSPS) is 12.7. The molecule has 2 aromatic rings. The van der Waals surface area contributed by atoms with Crippen LogP contribution in [0.15, 0.2) is 48.5 Å². The van der Waals surface area contributed by atoms with Gasteiger partial charge in [0.1, 0.15) is 0 Å². The van der Waals surface area contributed by atoms with E-state index >= 15 is 0 Å². The molecule has 42 heavy (non-hydrogen) atoms. The van der Waals surface area contributed by atoms with Crippen LogP contribution in [0.3, 0.4) is 0 Å². The van der Waals surface area contributed by atoms with Crippen LogP contribution in [0.1, 0.15) is 165 Å². The molecule has 2 atom stereocenters. The second kappa shape index (κ2) is 23.2. The lowest BCUT2D eigenvalue weighted by Crippen LogP contribution is -2.17. The summed E-state index contributed by atoms with van der Waals surface area (Å²) in [5.74, 6) is 0.758. The first-order valence-electron chi connectivity index (χ1n) is 17.3. The third kappa shape index (κ3) is 15.2. The monoisotopic (exact) mass is 580 g/mol. The van der Waals surface area contributed by atoms with E-state index in [0.29, 0.717) is 17.1 Å². The summed E-state index contributed by atoms with van der Waals surface area (Å²) in [4.78, 5) is 13.0. The fourth-order valence-corrected chi connectivity index (χ4v) is 5.37. The van der Waals surface area contributed by atoms with Gasteiger partial charge in [-0.25, -0.2) is 4.79 Å². The van der Waals surface area contributed by atoms with Crippen molar-refractivity contribution in [3.63, 3.8) is 0 Å². The van der Waals surface area contributed by atoms with E-state index < -0.39 is 0 Å². The molecule has 2 rings (SSSR count). The highest BCUT2D eigenvalue weighted by molar-refractivity contribution is 5.91. The minimum atomic E-state index is -0.371. The number of para-hydroxylation sites is 2. The molecule has 0 heterocycles. The minimum absolute atomic E-state index is 0.00105. The first-order valence-corrected chi connectivity index (χ1v) is 17.3. The molecule has 0 N–H and O–H groups in total. The van der Waals surface area contributed by atoms with Gasteiger partial charge in [0, 0.05) is 6.61 Å². The third-order valence-electron chi connectivity index (χ3n) is 8.07. The van der Waals surface area contributed by atoms with Crippen LogP contribution in [0.2, 0.25) is 0 Å². The fourth-order valence-electron chi connectivity index (χ4n) is 5.37. The van der Waals surface area contributed by atoms with E-state index in [1.54, 1.807) is 0 Å². The zero-order valence-corrected chi connectivity index (χ0v) is 27.3. The second-order valence-corrected chi connectivity index (χ2v) is 11.9. The van der Waals surface area contributed by atoms with Crippen molar-refractivity contribution >= 4 is 5.97 Å². The van der Waals surface area contributed by atoms with E-state index in [2.05, 4.69) is 27.7 Å². The van der Waals surface area contributed by atoms with Crippen molar-refractivity contribution in [2.45, 2.75) is 155 Å². The van der Waals surface area contributed by atoms with Crippen molar-refractivity contribution in [2.75, 3.05) is 6.61 Å². The molecule has 0 saturated heterocycles. The number of unbranched alkanes of at least 4 members (excludes halogenated alkanes) is 13. The van der Waals surface area contributed by atoms with Gasteiger partial charge in [-0.3, -0.25) is 0 Å². The SMILES string of the molecule is CCCCCCCCCCCC(CCC)Oc1ccccc1OC(=O)c1ccc(C(C)OCCCCCCCC)cc1. The molecule has 236 valence electrons. The van der Waals surface area contributed by atoms with Crippen molar-refractivity contribution in [2.24, 2.45) is 0 Å². The van der Waals surface area contributed by atoms with Crippen LogP contribution in [0.25, 0.3) is 0 Å². The third-order valence-corrected chi connectivity index (χ3v) is 8.07. The molecule has 0 radical (unpaired) electrons. The number of carbonyl (C=O) groups is 1. The first kappa shape index (κ1) is 35.9. The Balaban J connectivity index is 1.81. The van der Waals surface area contributed by atoms with Crippen molar-refractivity contribution in [1.29, 1.82) is 0 Å². The predicted octanol–water partition coefficient (Wildman–Crippen LogP) is 11.8. The van der Waals surface area contributed by atoms with Gasteiger partial charge in [-0.15, -0.1) is 0 Å². The highest BCUT2D eigenvalue weighted by atomic mass is 16.6. The van der Waals surface area contributed by atoms with Gasteiger partial charge in [-0.1, -0.05) is 135 Å². The maximum Gasteiger partial charge on any atom is 0.343 e. The molecule has 4 nitrogen and oxygen atoms in total. The van der Waals surface area contributed by atoms with Crippen LogP contribution >= 0.6 is 0 Å². The molecule has 0 fully saturated rings. The van der Waals surface area contributed by atoms with Gasteiger partial charge < -0.3 is 14.2 Å². The maximum absolute atomic E-state index is 13.0. The molecule has 2 aromatic carbocycles. The van der Waals surface area contributed by atoms with Crippen LogP contribution in [-0.2, 0) is 4.74 Å². The Morgan fingerprint density at radius 1 is 0.619 bits per heavy atom. The summed E-state index contributed by atoms with van der Waals surface area (Å²) in [7, 11) is 0. The number of carbonyl (C=O) groups excluding carboxylic acids is 1. The van der Waals surface area contributed by atoms with Gasteiger partial charge >= 0.3 is 5.97 Å². The number of esters is 1. The maximum atomic E-state index is 13.0. The van der Waals surface area contributed by atoms with E-state index in [4.69, 9.17) is 14.2 Å². The van der Waals surface area contributed by atoms with Crippen LogP contribution in [0.5, 0.6) is 11.5 Å². The summed E-state index contributed by atoms with van der Waals surface area (Å²) >= 11 is 0. The van der Waals surface area contributed by atoms with E-state index in [0.717, 1.165) is 37.9 Å². The van der Waals surface area contributed by atoms with E-state index in [9.17, 15) is 4.79 Å². The molecular formula is C38H60O4. The first-order chi connectivity index (χ1) is 20.6. The molecule has 0 amide bonds. The molecule has 0 aliphatic rings. The quantitative estimate of drug-likeness (QED) is 0.0665. The van der Waals surface area contributed by atoms with Crippen molar-refractivity contribution in [3.05, 3.63) is 59.7 Å². The Hall–Kier alpha value is -2.33. The second-order valence-electron chi connectivity index (χ2n) is 11.9. The van der Waals surface area contributed by atoms with Crippen LogP contribution in [0, 0.1) is 0 Å². The van der Waals surface area contributed by atoms with E-state index in [-0.39, 0.29) is 18.2 Å². The molecule has 4 heteroatoms. The Bertz CT molecular complexity index is 938. The standard InChI is InChI=1S/C38H60O4/c1-5-8-10-12-14-15-16-17-19-24-35(23-7-3)41-36-25-20-21-26-37(36)42-38(39)34-29-27-33(28-30-34)32(4)40-31-22-18-13-11-9-6-2/h20-21,25-30,32,35H,5-19,22-24,31H2,1-4H3. The molecule has 0 bridgehead atoms. The Morgan fingerprint density at radius 3 is 1.76 bits per heavy atom. The largest absolute Gasteiger partial charge is 0.487 e. The summed E-state index contributed by atoms with van der Waals surface area (Å²) in [6, 6.07) is 15.1. The summed E-state index contributed by atoms with van der Waals surface area (Å²) < 4.78 is 18.3. The van der Waals surface area contributed by atoms with Gasteiger partial charge in [0.05, 0.1) is 17.8 Å². The van der Waals surface area contributed by atoms with Crippen LogP contribution < -0.4 is 9.47 Å². The molecule has 2 unspecified atom stereocenters. The van der Waals surface area contributed by atoms with Crippen molar-refractivity contribution in [3.8, 4) is 11.5 Å². The Kier molecular flexibility index (Phi) is 19.8. The highest BCUT2D eigenvalue weighted by Gasteiger charge is 2.17. The van der Waals surface area contributed by atoms with Gasteiger partial charge in [0.25, 0.3) is 0 Å². The lowest BCUT2D eigenvalue weighted by molar-refractivity contribution is 0.0625. The summed E-state index contributed by atoms with van der Waals surface area (Å²) in [6.45, 7) is 9.55. The predicted molar refractivity (Wildman–Crippen MR) is 177 cm³/mol. The average molecular weight is 581 g/mol. The smallest absolute Gasteiger partial charge is 0.343 e. The topological polar surface area (TPSA) is 44.8 Å². The molecule has 0 aliphatic carbocycles. The fraction of sp³-hybridized carbons (Fsp3) is 0.658. The number of benzene rings is 2. The minimum Gasteiger partial charge on any atom is -0.487 e. The number of rotatable bonds is 25. The van der Waals surface area contributed by atoms with Gasteiger partial charge in [-0.05, 0) is 62.4 Å². The highest BCUT2D eigenvalue weighted by Crippen LogP contribution is 2.30.